The minimum atomic E-state index is -0.952. The van der Waals surface area contributed by atoms with Gasteiger partial charge < -0.3 is 10.1 Å². The van der Waals surface area contributed by atoms with E-state index in [0.29, 0.717) is 0 Å². The maximum atomic E-state index is 11.9. The van der Waals surface area contributed by atoms with Gasteiger partial charge in [-0.1, -0.05) is 54.1 Å². The number of nitrogens with one attached hydrogen (secondary N) is 2. The van der Waals surface area contributed by atoms with Crippen LogP contribution in [0.5, 0.6) is 0 Å². The first kappa shape index (κ1) is 19.8. The molecule has 136 valence electrons. The SMILES string of the molecule is O=C(COC(=O)c1ncc(Cl)c(Cl)c1Cl)NC(=O)NC1CCCCC1. The second-order valence-electron chi connectivity index (χ2n) is 5.52. The van der Waals surface area contributed by atoms with Crippen LogP contribution in [0.3, 0.4) is 0 Å². The first-order valence-electron chi connectivity index (χ1n) is 7.65. The van der Waals surface area contributed by atoms with Crippen LogP contribution in [0.2, 0.25) is 15.1 Å². The van der Waals surface area contributed by atoms with Crippen LogP contribution in [0.1, 0.15) is 42.6 Å². The third-order valence-corrected chi connectivity index (χ3v) is 4.88. The molecule has 1 aliphatic carbocycles. The van der Waals surface area contributed by atoms with Crippen LogP contribution in [-0.4, -0.2) is 35.5 Å². The lowest BCUT2D eigenvalue weighted by Gasteiger charge is -2.22. The van der Waals surface area contributed by atoms with Gasteiger partial charge in [-0.2, -0.15) is 0 Å². The lowest BCUT2D eigenvalue weighted by molar-refractivity contribution is -0.123. The van der Waals surface area contributed by atoms with Crippen molar-refractivity contribution in [3.8, 4) is 0 Å². The second kappa shape index (κ2) is 9.22. The molecular weight excluding hydrogens is 393 g/mol. The molecule has 0 unspecified atom stereocenters. The zero-order valence-electron chi connectivity index (χ0n) is 13.1. The standard InChI is InChI=1S/C15H16Cl3N3O4/c16-9-6-19-13(12(18)11(9)17)14(23)25-7-10(22)21-15(24)20-8-4-2-1-3-5-8/h6,8H,1-5,7H2,(H2,20,21,22,24). The number of carbonyl (C=O) groups is 3. The Morgan fingerprint density at radius 2 is 1.80 bits per heavy atom. The topological polar surface area (TPSA) is 97.4 Å². The average Bonchev–Trinajstić information content (AvgIpc) is 2.58. The molecule has 1 saturated carbocycles. The highest BCUT2D eigenvalue weighted by molar-refractivity contribution is 6.48. The van der Waals surface area contributed by atoms with Gasteiger partial charge in [-0.3, -0.25) is 10.1 Å². The van der Waals surface area contributed by atoms with Crippen molar-refractivity contribution < 1.29 is 19.1 Å². The summed E-state index contributed by atoms with van der Waals surface area (Å²) in [4.78, 5) is 39.0. The van der Waals surface area contributed by atoms with Gasteiger partial charge in [-0.05, 0) is 12.8 Å². The van der Waals surface area contributed by atoms with Crippen molar-refractivity contribution in [2.75, 3.05) is 6.61 Å². The fourth-order valence-electron chi connectivity index (χ4n) is 2.42. The molecule has 2 N–H and O–H groups in total. The largest absolute Gasteiger partial charge is 0.451 e. The Kier molecular flexibility index (Phi) is 7.28. The molecule has 3 amide bonds. The van der Waals surface area contributed by atoms with Gasteiger partial charge >= 0.3 is 12.0 Å². The Bertz CT molecular complexity index is 678. The van der Waals surface area contributed by atoms with E-state index in [0.717, 1.165) is 38.3 Å². The molecule has 0 radical (unpaired) electrons. The molecule has 0 bridgehead atoms. The molecular formula is C15H16Cl3N3O4. The van der Waals surface area contributed by atoms with E-state index >= 15 is 0 Å². The number of nitrogens with zero attached hydrogens (tertiary/aromatic N) is 1. The molecule has 0 atom stereocenters. The highest BCUT2D eigenvalue weighted by Crippen LogP contribution is 2.31. The number of aromatic nitrogens is 1. The summed E-state index contributed by atoms with van der Waals surface area (Å²) in [5.41, 5.74) is -0.268. The van der Waals surface area contributed by atoms with E-state index in [-0.39, 0.29) is 26.8 Å². The van der Waals surface area contributed by atoms with Crippen LogP contribution in [0, 0.1) is 0 Å². The summed E-state index contributed by atoms with van der Waals surface area (Å²) < 4.78 is 4.78. The van der Waals surface area contributed by atoms with Crippen LogP contribution < -0.4 is 10.6 Å². The van der Waals surface area contributed by atoms with Gasteiger partial charge in [-0.25, -0.2) is 14.6 Å². The second-order valence-corrected chi connectivity index (χ2v) is 6.68. The lowest BCUT2D eigenvalue weighted by Crippen LogP contribution is -2.46. The predicted octanol–water partition coefficient (Wildman–Crippen LogP) is 3.36. The van der Waals surface area contributed by atoms with Crippen LogP contribution in [-0.2, 0) is 9.53 Å². The van der Waals surface area contributed by atoms with Crippen LogP contribution in [0.25, 0.3) is 0 Å². The van der Waals surface area contributed by atoms with Gasteiger partial charge in [0.1, 0.15) is 0 Å². The van der Waals surface area contributed by atoms with Gasteiger partial charge in [0, 0.05) is 12.2 Å². The zero-order chi connectivity index (χ0) is 18.4. The van der Waals surface area contributed by atoms with Gasteiger partial charge in [-0.15, -0.1) is 0 Å². The molecule has 0 aliphatic heterocycles. The molecule has 0 spiro atoms. The third-order valence-electron chi connectivity index (χ3n) is 3.64. The van der Waals surface area contributed by atoms with Crippen molar-refractivity contribution in [1.29, 1.82) is 0 Å². The number of amides is 3. The number of rotatable bonds is 4. The summed E-state index contributed by atoms with van der Waals surface area (Å²) >= 11 is 17.4. The monoisotopic (exact) mass is 407 g/mol. The summed E-state index contributed by atoms with van der Waals surface area (Å²) in [5, 5.41) is 4.69. The number of hydrogen-bond donors (Lipinski definition) is 2. The van der Waals surface area contributed by atoms with E-state index in [2.05, 4.69) is 15.6 Å². The summed E-state index contributed by atoms with van der Waals surface area (Å²) in [7, 11) is 0. The smallest absolute Gasteiger partial charge is 0.359 e. The zero-order valence-corrected chi connectivity index (χ0v) is 15.4. The van der Waals surface area contributed by atoms with Crippen molar-refractivity contribution >= 4 is 52.7 Å². The number of halogens is 3. The Morgan fingerprint density at radius 1 is 1.12 bits per heavy atom. The van der Waals surface area contributed by atoms with E-state index in [1.54, 1.807) is 0 Å². The average molecular weight is 409 g/mol. The van der Waals surface area contributed by atoms with E-state index in [1.165, 1.54) is 0 Å². The van der Waals surface area contributed by atoms with E-state index in [1.807, 2.05) is 0 Å². The van der Waals surface area contributed by atoms with Crippen LogP contribution in [0.4, 0.5) is 4.79 Å². The molecule has 1 heterocycles. The van der Waals surface area contributed by atoms with E-state index in [9.17, 15) is 14.4 Å². The van der Waals surface area contributed by atoms with E-state index < -0.39 is 24.5 Å². The van der Waals surface area contributed by atoms with Gasteiger partial charge in [0.25, 0.3) is 5.91 Å². The Balaban J connectivity index is 1.80. The van der Waals surface area contributed by atoms with Crippen molar-refractivity contribution in [3.63, 3.8) is 0 Å². The molecule has 0 saturated heterocycles. The maximum absolute atomic E-state index is 11.9. The van der Waals surface area contributed by atoms with E-state index in [4.69, 9.17) is 39.5 Å². The van der Waals surface area contributed by atoms with Gasteiger partial charge in [0.05, 0.1) is 15.1 Å². The summed E-state index contributed by atoms with van der Waals surface area (Å²) in [6, 6.07) is -0.554. The normalized spacial score (nSPS) is 14.7. The van der Waals surface area contributed by atoms with Crippen LogP contribution >= 0.6 is 34.8 Å². The third kappa shape index (κ3) is 5.73. The fraction of sp³-hybridized carbons (Fsp3) is 0.467. The number of pyridine rings is 1. The van der Waals surface area contributed by atoms with Crippen molar-refractivity contribution in [3.05, 3.63) is 27.0 Å². The first-order valence-corrected chi connectivity index (χ1v) is 8.79. The molecule has 10 heteroatoms. The molecule has 25 heavy (non-hydrogen) atoms. The predicted molar refractivity (Wildman–Crippen MR) is 93.1 cm³/mol. The van der Waals surface area contributed by atoms with Gasteiger partial charge in [0.15, 0.2) is 12.3 Å². The molecule has 1 fully saturated rings. The number of hydrogen-bond acceptors (Lipinski definition) is 5. The maximum Gasteiger partial charge on any atom is 0.359 e. The van der Waals surface area contributed by atoms with Gasteiger partial charge in [0.2, 0.25) is 0 Å². The highest BCUT2D eigenvalue weighted by Gasteiger charge is 2.21. The molecule has 1 aromatic rings. The Hall–Kier alpha value is -1.57. The van der Waals surface area contributed by atoms with Crippen molar-refractivity contribution in [2.45, 2.75) is 38.1 Å². The molecule has 2 rings (SSSR count). The highest BCUT2D eigenvalue weighted by atomic mass is 35.5. The minimum absolute atomic E-state index is 0.0402. The molecule has 0 aromatic carbocycles. The molecule has 1 aromatic heterocycles. The quantitative estimate of drug-likeness (QED) is 0.745. The fourth-order valence-corrected chi connectivity index (χ4v) is 2.97. The minimum Gasteiger partial charge on any atom is -0.451 e. The number of imide groups is 1. The number of carbonyl (C=O) groups excluding carboxylic acids is 3. The Morgan fingerprint density at radius 3 is 2.48 bits per heavy atom. The summed E-state index contributed by atoms with van der Waals surface area (Å²) in [6.45, 7) is -0.658. The number of urea groups is 1. The van der Waals surface area contributed by atoms with Crippen molar-refractivity contribution in [1.82, 2.24) is 15.6 Å². The number of esters is 1. The van der Waals surface area contributed by atoms with Crippen LogP contribution in [0.15, 0.2) is 6.20 Å². The lowest BCUT2D eigenvalue weighted by atomic mass is 9.96. The Labute approximate surface area is 159 Å². The number of ether oxygens (including phenoxy) is 1. The molecule has 7 nitrogen and oxygen atoms in total. The first-order chi connectivity index (χ1) is 11.9. The summed E-state index contributed by atoms with van der Waals surface area (Å²) in [5.74, 6) is -1.72. The summed E-state index contributed by atoms with van der Waals surface area (Å²) in [6.07, 6.45) is 6.17. The van der Waals surface area contributed by atoms with Crippen molar-refractivity contribution in [2.24, 2.45) is 0 Å². The molecule has 1 aliphatic rings.